The van der Waals surface area contributed by atoms with E-state index in [-0.39, 0.29) is 26.8 Å². The molecule has 0 atom stereocenters. The summed E-state index contributed by atoms with van der Waals surface area (Å²) in [4.78, 5) is 16.3. The minimum Gasteiger partial charge on any atom is -1.00 e. The molecule has 2 aromatic heterocycles. The first-order valence-corrected chi connectivity index (χ1v) is 4.26. The van der Waals surface area contributed by atoms with Gasteiger partial charge in [-0.1, -0.05) is 0 Å². The second-order valence-corrected chi connectivity index (χ2v) is 2.58. The molecule has 0 aliphatic heterocycles. The summed E-state index contributed by atoms with van der Waals surface area (Å²) in [5.74, 6) is 0. The molecule has 4 nitrogen and oxygen atoms in total. The Balaban J connectivity index is 0. The predicted octanol–water partition coefficient (Wildman–Crippen LogP) is -1.04. The van der Waals surface area contributed by atoms with Gasteiger partial charge in [0.2, 0.25) is 0 Å². The second-order valence-electron chi connectivity index (χ2n) is 2.58. The Labute approximate surface area is 107 Å². The quantitative estimate of drug-likeness (QED) is 0.482. The molecule has 2 aromatic rings. The summed E-state index contributed by atoms with van der Waals surface area (Å²) in [6, 6.07) is 7.93. The fourth-order valence-electron chi connectivity index (χ4n) is 1.09. The molecule has 0 saturated carbocycles. The van der Waals surface area contributed by atoms with Gasteiger partial charge in [0.15, 0.2) is 0 Å². The fraction of sp³-hybridized carbons (Fsp3) is 0. The van der Waals surface area contributed by atoms with Crippen molar-refractivity contribution in [3.63, 3.8) is 0 Å². The van der Waals surface area contributed by atoms with Gasteiger partial charge < -0.3 is 6.53 Å². The van der Waals surface area contributed by atoms with Crippen molar-refractivity contribution in [2.45, 2.75) is 0 Å². The molecule has 16 heavy (non-hydrogen) atoms. The molecule has 0 aromatic carbocycles. The maximum atomic E-state index is 8.36. The van der Waals surface area contributed by atoms with Gasteiger partial charge in [0.1, 0.15) is 0 Å². The van der Waals surface area contributed by atoms with Crippen LogP contribution in [0.2, 0.25) is 0 Å². The maximum Gasteiger partial charge on any atom is 1.00 e. The van der Waals surface area contributed by atoms with Crippen molar-refractivity contribution >= 4 is 6.47 Å². The zero-order valence-electron chi connectivity index (χ0n) is 9.95. The van der Waals surface area contributed by atoms with Crippen molar-refractivity contribution in [3.05, 3.63) is 49.1 Å². The monoisotopic (exact) mass is 210 g/mol. The van der Waals surface area contributed by atoms with Crippen LogP contribution < -0.4 is 18.9 Å². The fourth-order valence-corrected chi connectivity index (χ4v) is 1.09. The summed E-state index contributed by atoms with van der Waals surface area (Å²) in [7, 11) is 0. The molecular formula is C11H11LiN2O2. The van der Waals surface area contributed by atoms with Crippen LogP contribution >= 0.6 is 0 Å². The first-order valence-electron chi connectivity index (χ1n) is 4.26. The van der Waals surface area contributed by atoms with E-state index in [0.717, 1.165) is 0 Å². The van der Waals surface area contributed by atoms with Crippen molar-refractivity contribution in [2.75, 3.05) is 0 Å². The van der Waals surface area contributed by atoms with E-state index in [1.165, 1.54) is 11.1 Å². The molecule has 5 heteroatoms. The summed E-state index contributed by atoms with van der Waals surface area (Å²) in [5, 5.41) is 6.89. The summed E-state index contributed by atoms with van der Waals surface area (Å²) < 4.78 is 0. The number of pyridine rings is 2. The van der Waals surface area contributed by atoms with Crippen molar-refractivity contribution in [2.24, 2.45) is 0 Å². The number of hydrogen-bond acceptors (Lipinski definition) is 3. The van der Waals surface area contributed by atoms with Crippen molar-refractivity contribution in [1.82, 2.24) is 9.97 Å². The molecule has 2 rings (SSSR count). The van der Waals surface area contributed by atoms with Crippen LogP contribution in [-0.4, -0.2) is 21.5 Å². The third-order valence-electron chi connectivity index (χ3n) is 1.69. The van der Waals surface area contributed by atoms with Gasteiger partial charge in [-0.05, 0) is 35.4 Å². The molecular weight excluding hydrogens is 199 g/mol. The first-order chi connectivity index (χ1) is 7.38. The van der Waals surface area contributed by atoms with Gasteiger partial charge in [0, 0.05) is 24.8 Å². The van der Waals surface area contributed by atoms with Gasteiger partial charge in [-0.25, -0.2) is 0 Å². The number of nitrogens with zero attached hydrogens (tertiary/aromatic N) is 2. The number of carbonyl (C=O) groups is 1. The SMILES string of the molecule is O=CO.[H-].[Li+].c1cc(-c2ccncc2)ccn1. The smallest absolute Gasteiger partial charge is 1.00 e. The summed E-state index contributed by atoms with van der Waals surface area (Å²) >= 11 is 0. The van der Waals surface area contributed by atoms with Crippen LogP contribution in [0.1, 0.15) is 1.43 Å². The average Bonchev–Trinajstić information content (AvgIpc) is 2.32. The zero-order chi connectivity index (χ0) is 10.9. The van der Waals surface area contributed by atoms with Crippen LogP contribution in [-0.2, 0) is 4.79 Å². The normalized spacial score (nSPS) is 8.00. The molecule has 0 amide bonds. The molecule has 0 bridgehead atoms. The number of hydrogen-bond donors (Lipinski definition) is 1. The number of carboxylic acid groups (broad SMARTS) is 1. The largest absolute Gasteiger partial charge is 1.00 e. The topological polar surface area (TPSA) is 63.1 Å². The molecule has 1 N–H and O–H groups in total. The van der Waals surface area contributed by atoms with Crippen LogP contribution in [0.4, 0.5) is 0 Å². The van der Waals surface area contributed by atoms with E-state index in [1.807, 2.05) is 24.3 Å². The molecule has 78 valence electrons. The van der Waals surface area contributed by atoms with E-state index in [2.05, 4.69) is 9.97 Å². The Morgan fingerprint density at radius 1 is 0.938 bits per heavy atom. The van der Waals surface area contributed by atoms with E-state index in [1.54, 1.807) is 24.8 Å². The molecule has 0 fully saturated rings. The summed E-state index contributed by atoms with van der Waals surface area (Å²) in [6.07, 6.45) is 7.15. The molecule has 2 heterocycles. The van der Waals surface area contributed by atoms with Gasteiger partial charge in [0.25, 0.3) is 6.47 Å². The summed E-state index contributed by atoms with van der Waals surface area (Å²) in [6.45, 7) is -0.250. The van der Waals surface area contributed by atoms with Crippen molar-refractivity contribution in [1.29, 1.82) is 0 Å². The Morgan fingerprint density at radius 2 is 1.19 bits per heavy atom. The third kappa shape index (κ3) is 4.74. The molecule has 0 radical (unpaired) electrons. The van der Waals surface area contributed by atoms with Crippen molar-refractivity contribution < 1.29 is 30.2 Å². The molecule has 0 saturated heterocycles. The minimum atomic E-state index is -0.250. The van der Waals surface area contributed by atoms with Gasteiger partial charge in [-0.3, -0.25) is 14.8 Å². The van der Waals surface area contributed by atoms with E-state index >= 15 is 0 Å². The van der Waals surface area contributed by atoms with Crippen molar-refractivity contribution in [3.8, 4) is 11.1 Å². The third-order valence-corrected chi connectivity index (χ3v) is 1.69. The average molecular weight is 210 g/mol. The van der Waals surface area contributed by atoms with Gasteiger partial charge in [-0.15, -0.1) is 0 Å². The molecule has 0 spiro atoms. The number of rotatable bonds is 1. The van der Waals surface area contributed by atoms with Crippen LogP contribution in [0.15, 0.2) is 49.1 Å². The van der Waals surface area contributed by atoms with Gasteiger partial charge in [0.05, 0.1) is 0 Å². The van der Waals surface area contributed by atoms with Crippen LogP contribution in [0.5, 0.6) is 0 Å². The van der Waals surface area contributed by atoms with E-state index in [0.29, 0.717) is 0 Å². The van der Waals surface area contributed by atoms with Crippen LogP contribution in [0.25, 0.3) is 11.1 Å². The van der Waals surface area contributed by atoms with E-state index in [9.17, 15) is 0 Å². The zero-order valence-corrected chi connectivity index (χ0v) is 8.95. The van der Waals surface area contributed by atoms with E-state index in [4.69, 9.17) is 9.90 Å². The number of aromatic nitrogens is 2. The Hall–Kier alpha value is -1.63. The van der Waals surface area contributed by atoms with E-state index < -0.39 is 0 Å². The minimum absolute atomic E-state index is 0. The van der Waals surface area contributed by atoms with Gasteiger partial charge >= 0.3 is 18.9 Å². The predicted molar refractivity (Wildman–Crippen MR) is 57.3 cm³/mol. The summed E-state index contributed by atoms with van der Waals surface area (Å²) in [5.41, 5.74) is 2.35. The Kier molecular flexibility index (Phi) is 7.77. The van der Waals surface area contributed by atoms with Crippen LogP contribution in [0, 0.1) is 0 Å². The molecule has 0 aliphatic rings. The Bertz CT molecular complexity index is 363. The second kappa shape index (κ2) is 8.66. The standard InChI is InChI=1S/C10H8N2.CH2O2.Li.H/c1-5-11-6-2-9(1)10-3-7-12-8-4-10;2-1-3;;/h1-8H;1H,(H,2,3);;/q;;+1;-1. The molecule has 0 aliphatic carbocycles. The van der Waals surface area contributed by atoms with Gasteiger partial charge in [-0.2, -0.15) is 0 Å². The Morgan fingerprint density at radius 3 is 1.44 bits per heavy atom. The molecule has 0 unspecified atom stereocenters. The maximum absolute atomic E-state index is 8.36. The first kappa shape index (κ1) is 14.4. The van der Waals surface area contributed by atoms with Crippen LogP contribution in [0.3, 0.4) is 0 Å².